The van der Waals surface area contributed by atoms with E-state index < -0.39 is 35.0 Å². The van der Waals surface area contributed by atoms with E-state index >= 15 is 0 Å². The zero-order valence-corrected chi connectivity index (χ0v) is 24.6. The van der Waals surface area contributed by atoms with Crippen molar-refractivity contribution >= 4 is 40.9 Å². The maximum atomic E-state index is 11.7. The summed E-state index contributed by atoms with van der Waals surface area (Å²) in [6.07, 6.45) is 2.83. The van der Waals surface area contributed by atoms with Crippen LogP contribution in [0.3, 0.4) is 0 Å². The maximum absolute atomic E-state index is 11.7. The first kappa shape index (κ1) is 28.9. The first-order chi connectivity index (χ1) is 14.5. The van der Waals surface area contributed by atoms with E-state index in [2.05, 4.69) is 26.2 Å². The molecular formula is C19H42O8Si4. The molecule has 1 aliphatic heterocycles. The van der Waals surface area contributed by atoms with Crippen LogP contribution in [0.4, 0.5) is 0 Å². The number of hydrogen-bond donors (Lipinski definition) is 0. The molecule has 0 aromatic rings. The van der Waals surface area contributed by atoms with Crippen molar-refractivity contribution in [3.8, 4) is 0 Å². The van der Waals surface area contributed by atoms with Crippen LogP contribution in [0.25, 0.3) is 0 Å². The largest absolute Gasteiger partial charge is 0.500 e. The lowest BCUT2D eigenvalue weighted by atomic mass is 10.4. The zero-order chi connectivity index (χ0) is 23.5. The third-order valence-electron chi connectivity index (χ3n) is 5.47. The van der Waals surface area contributed by atoms with Crippen LogP contribution in [0.1, 0.15) is 26.2 Å². The minimum Gasteiger partial charge on any atom is -0.462 e. The molecule has 3 atom stereocenters. The fourth-order valence-electron chi connectivity index (χ4n) is 3.67. The van der Waals surface area contributed by atoms with Gasteiger partial charge in [-0.2, -0.15) is 0 Å². The van der Waals surface area contributed by atoms with Gasteiger partial charge in [0.05, 0.1) is 6.61 Å². The van der Waals surface area contributed by atoms with E-state index in [9.17, 15) is 4.79 Å². The van der Waals surface area contributed by atoms with Crippen LogP contribution in [0.2, 0.25) is 43.8 Å². The van der Waals surface area contributed by atoms with Crippen molar-refractivity contribution in [2.24, 2.45) is 0 Å². The van der Waals surface area contributed by atoms with Crippen molar-refractivity contribution in [3.05, 3.63) is 12.2 Å². The molecule has 0 radical (unpaired) electrons. The van der Waals surface area contributed by atoms with Crippen molar-refractivity contribution < 1.29 is 35.5 Å². The number of rotatable bonds is 11. The molecule has 0 bridgehead atoms. The van der Waals surface area contributed by atoms with Gasteiger partial charge in [-0.15, -0.1) is 0 Å². The Hall–Kier alpha value is -0.162. The average molecular weight is 511 g/mol. The Labute approximate surface area is 193 Å². The molecule has 1 heterocycles. The van der Waals surface area contributed by atoms with Gasteiger partial charge in [-0.1, -0.05) is 13.0 Å². The minimum absolute atomic E-state index is 0.336. The lowest BCUT2D eigenvalue weighted by Gasteiger charge is -2.40. The lowest BCUT2D eigenvalue weighted by molar-refractivity contribution is -0.138. The van der Waals surface area contributed by atoms with Gasteiger partial charge in [0.1, 0.15) is 0 Å². The normalized spacial score (nSPS) is 28.2. The van der Waals surface area contributed by atoms with Gasteiger partial charge in [-0.3, -0.25) is 0 Å². The Morgan fingerprint density at radius 2 is 1.74 bits per heavy atom. The summed E-state index contributed by atoms with van der Waals surface area (Å²) in [6, 6.07) is 3.21. The topological polar surface area (TPSA) is 81.7 Å². The number of ether oxygens (including phenoxy) is 1. The molecule has 12 heteroatoms. The molecular weight excluding hydrogens is 469 g/mol. The highest BCUT2D eigenvalue weighted by Crippen LogP contribution is 2.31. The van der Waals surface area contributed by atoms with Crippen LogP contribution >= 0.6 is 0 Å². The summed E-state index contributed by atoms with van der Waals surface area (Å²) in [7, 11) is -4.28. The molecule has 0 saturated carbocycles. The van der Waals surface area contributed by atoms with E-state index in [-0.39, 0.29) is 5.97 Å². The third kappa shape index (κ3) is 10.1. The van der Waals surface area contributed by atoms with Crippen LogP contribution in [-0.2, 0) is 35.5 Å². The predicted molar refractivity (Wildman–Crippen MR) is 130 cm³/mol. The third-order valence-corrected chi connectivity index (χ3v) is 20.2. The first-order valence-electron chi connectivity index (χ1n) is 11.0. The summed E-state index contributed by atoms with van der Waals surface area (Å²) in [5, 5.41) is 0. The number of esters is 1. The van der Waals surface area contributed by atoms with E-state index in [1.807, 2.05) is 0 Å². The molecule has 0 spiro atoms. The molecule has 0 amide bonds. The molecule has 1 aliphatic rings. The van der Waals surface area contributed by atoms with Crippen LogP contribution in [0, 0.1) is 0 Å². The molecule has 0 aromatic carbocycles. The summed E-state index contributed by atoms with van der Waals surface area (Å²) in [5.41, 5.74) is 0.408. The Morgan fingerprint density at radius 3 is 2.32 bits per heavy atom. The van der Waals surface area contributed by atoms with Gasteiger partial charge >= 0.3 is 31.9 Å². The second kappa shape index (κ2) is 13.5. The predicted octanol–water partition coefficient (Wildman–Crippen LogP) is 3.72. The molecule has 0 aliphatic carbocycles. The summed E-state index contributed by atoms with van der Waals surface area (Å²) < 4.78 is 41.9. The molecule has 8 nitrogen and oxygen atoms in total. The zero-order valence-electron chi connectivity index (χ0n) is 20.4. The fraction of sp³-hybridized carbons (Fsp3) is 0.842. The van der Waals surface area contributed by atoms with Gasteiger partial charge in [0, 0.05) is 39.6 Å². The molecule has 1 saturated heterocycles. The molecule has 3 unspecified atom stereocenters. The Morgan fingerprint density at radius 1 is 1.10 bits per heavy atom. The molecule has 0 N–H and O–H groups in total. The second-order valence-corrected chi connectivity index (χ2v) is 21.3. The van der Waals surface area contributed by atoms with Gasteiger partial charge in [0.2, 0.25) is 0 Å². The van der Waals surface area contributed by atoms with Crippen molar-refractivity contribution in [1.29, 1.82) is 0 Å². The van der Waals surface area contributed by atoms with Crippen molar-refractivity contribution in [3.63, 3.8) is 0 Å². The Bertz CT molecular complexity index is 569. The first-order valence-corrected chi connectivity index (χ1v) is 20.4. The molecule has 0 aromatic heterocycles. The van der Waals surface area contributed by atoms with Crippen LogP contribution < -0.4 is 0 Å². The molecule has 1 fully saturated rings. The van der Waals surface area contributed by atoms with Crippen LogP contribution in [-0.4, -0.2) is 75.5 Å². The number of hydrogen-bond acceptors (Lipinski definition) is 8. The van der Waals surface area contributed by atoms with Crippen LogP contribution in [0.15, 0.2) is 12.2 Å². The van der Waals surface area contributed by atoms with Crippen molar-refractivity contribution in [2.45, 2.75) is 70.0 Å². The van der Waals surface area contributed by atoms with E-state index in [0.29, 0.717) is 37.3 Å². The SMILES string of the molecule is C=C(C)C(=O)OCCC[Si]1(C)O[SiH](C)CCCCO[Si](C)(CC[Si](OC)(OC)OC)O1. The van der Waals surface area contributed by atoms with Gasteiger partial charge in [0.15, 0.2) is 9.04 Å². The summed E-state index contributed by atoms with van der Waals surface area (Å²) in [5.74, 6) is -0.357. The van der Waals surface area contributed by atoms with Gasteiger partial charge in [-0.05, 0) is 57.5 Å². The quantitative estimate of drug-likeness (QED) is 0.180. The number of carbonyl (C=O) groups excluding carboxylic acids is 1. The van der Waals surface area contributed by atoms with E-state index in [1.165, 1.54) is 0 Å². The van der Waals surface area contributed by atoms with Gasteiger partial charge in [0.25, 0.3) is 0 Å². The number of carbonyl (C=O) groups is 1. The van der Waals surface area contributed by atoms with Gasteiger partial charge in [-0.25, -0.2) is 4.79 Å². The summed E-state index contributed by atoms with van der Waals surface area (Å²) >= 11 is 0. The highest BCUT2D eigenvalue weighted by Gasteiger charge is 2.47. The van der Waals surface area contributed by atoms with E-state index in [4.69, 9.17) is 30.7 Å². The summed E-state index contributed by atoms with van der Waals surface area (Å²) in [4.78, 5) is 11.7. The molecule has 31 heavy (non-hydrogen) atoms. The minimum atomic E-state index is -2.72. The lowest BCUT2D eigenvalue weighted by Crippen LogP contribution is -2.55. The highest BCUT2D eigenvalue weighted by atomic mass is 28.5. The van der Waals surface area contributed by atoms with Crippen LogP contribution in [0.5, 0.6) is 0 Å². The second-order valence-electron chi connectivity index (χ2n) is 8.46. The van der Waals surface area contributed by atoms with E-state index in [1.54, 1.807) is 28.3 Å². The highest BCUT2D eigenvalue weighted by molar-refractivity contribution is 6.83. The summed E-state index contributed by atoms with van der Waals surface area (Å²) in [6.45, 7) is 12.8. The molecule has 182 valence electrons. The Kier molecular flexibility index (Phi) is 12.6. The Balaban J connectivity index is 2.90. The van der Waals surface area contributed by atoms with Crippen molar-refractivity contribution in [2.75, 3.05) is 34.5 Å². The smallest absolute Gasteiger partial charge is 0.462 e. The van der Waals surface area contributed by atoms with E-state index in [0.717, 1.165) is 24.9 Å². The van der Waals surface area contributed by atoms with Gasteiger partial charge < -0.3 is 30.7 Å². The maximum Gasteiger partial charge on any atom is 0.500 e. The fourth-order valence-corrected chi connectivity index (χ4v) is 19.9. The standard InChI is InChI=1S/C19H42O8Si4/c1-18(2)19(20)24-12-11-15-30(8)26-28(6)14-10-9-13-25-29(7,27-30)16-17-31(21-3,22-4)23-5/h28H,1,9-17H2,2-8H3. The molecule has 1 rings (SSSR count). The monoisotopic (exact) mass is 510 g/mol. The van der Waals surface area contributed by atoms with Crippen molar-refractivity contribution in [1.82, 2.24) is 0 Å². The average Bonchev–Trinajstić information content (AvgIpc) is 2.71.